The third-order valence-electron chi connectivity index (χ3n) is 6.67. The van der Waals surface area contributed by atoms with Crippen molar-refractivity contribution in [3.05, 3.63) is 144 Å². The highest BCUT2D eigenvalue weighted by Crippen LogP contribution is 2.56. The van der Waals surface area contributed by atoms with Gasteiger partial charge in [0.15, 0.2) is 0 Å². The van der Waals surface area contributed by atoms with E-state index >= 15 is 0 Å². The fourth-order valence-corrected chi connectivity index (χ4v) is 5.12. The molecule has 0 saturated heterocycles. The minimum atomic E-state index is -0.491. The lowest BCUT2D eigenvalue weighted by atomic mass is 9.68. The number of phenols is 2. The largest absolute Gasteiger partial charge is 0.508 e. The summed E-state index contributed by atoms with van der Waals surface area (Å²) in [4.78, 5) is 0. The van der Waals surface area contributed by atoms with E-state index in [9.17, 15) is 10.2 Å². The van der Waals surface area contributed by atoms with Gasteiger partial charge in [0.2, 0.25) is 0 Å². The van der Waals surface area contributed by atoms with Crippen LogP contribution in [0.2, 0.25) is 0 Å². The molecule has 0 fully saturated rings. The molecule has 0 radical (unpaired) electrons. The number of hydrogen-bond acceptors (Lipinski definition) is 2. The molecule has 2 heteroatoms. The first kappa shape index (κ1) is 19.4. The van der Waals surface area contributed by atoms with Gasteiger partial charge >= 0.3 is 0 Å². The molecule has 158 valence electrons. The molecule has 0 heterocycles. The lowest BCUT2D eigenvalue weighted by Crippen LogP contribution is -2.28. The monoisotopic (exact) mass is 426 g/mol. The van der Waals surface area contributed by atoms with Gasteiger partial charge in [0.25, 0.3) is 0 Å². The SMILES string of the molecule is Oc1ccc(C2(c3ccc(O)cc3)c3ccccc3-c3ccccc32)cc1.c1cc2cc-2c1. The van der Waals surface area contributed by atoms with Crippen molar-refractivity contribution < 1.29 is 10.2 Å². The number of rotatable bonds is 2. The molecule has 0 spiro atoms. The van der Waals surface area contributed by atoms with E-state index in [1.54, 1.807) is 24.3 Å². The highest BCUT2D eigenvalue weighted by atomic mass is 16.3. The lowest BCUT2D eigenvalue weighted by molar-refractivity contribution is 0.475. The maximum absolute atomic E-state index is 9.85. The number of hydrogen-bond donors (Lipinski definition) is 2. The molecule has 0 amide bonds. The summed E-state index contributed by atoms with van der Waals surface area (Å²) in [5, 5.41) is 19.7. The minimum Gasteiger partial charge on any atom is -0.508 e. The average Bonchev–Trinajstić information content (AvgIpc) is 3.33. The normalized spacial score (nSPS) is 13.3. The molecule has 0 saturated carbocycles. The van der Waals surface area contributed by atoms with E-state index in [0.29, 0.717) is 0 Å². The lowest BCUT2D eigenvalue weighted by Gasteiger charge is -2.33. The first-order chi connectivity index (χ1) is 16.2. The molecule has 4 aromatic carbocycles. The first-order valence-electron chi connectivity index (χ1n) is 11.1. The van der Waals surface area contributed by atoms with Gasteiger partial charge in [-0.2, -0.15) is 0 Å². The van der Waals surface area contributed by atoms with Gasteiger partial charge in [0.1, 0.15) is 11.5 Å². The topological polar surface area (TPSA) is 40.5 Å². The second-order valence-corrected chi connectivity index (χ2v) is 8.52. The van der Waals surface area contributed by atoms with E-state index < -0.39 is 5.41 Å². The van der Waals surface area contributed by atoms with Crippen LogP contribution in [0.4, 0.5) is 0 Å². The Morgan fingerprint density at radius 3 is 1.21 bits per heavy atom. The summed E-state index contributed by atoms with van der Waals surface area (Å²) in [5.74, 6) is 0.498. The third kappa shape index (κ3) is 3.03. The predicted octanol–water partition coefficient (Wildman–Crippen LogP) is 7.13. The summed E-state index contributed by atoms with van der Waals surface area (Å²) in [6.45, 7) is 0. The molecule has 4 aromatic rings. The average molecular weight is 427 g/mol. The van der Waals surface area contributed by atoms with Crippen LogP contribution >= 0.6 is 0 Å². The van der Waals surface area contributed by atoms with Crippen LogP contribution in [0.1, 0.15) is 22.3 Å². The van der Waals surface area contributed by atoms with Gasteiger partial charge < -0.3 is 10.2 Å². The highest BCUT2D eigenvalue weighted by molar-refractivity contribution is 5.86. The zero-order chi connectivity index (χ0) is 22.4. The third-order valence-corrected chi connectivity index (χ3v) is 6.67. The van der Waals surface area contributed by atoms with E-state index in [2.05, 4.69) is 72.8 Å². The highest BCUT2D eigenvalue weighted by Gasteiger charge is 2.45. The van der Waals surface area contributed by atoms with Crippen LogP contribution < -0.4 is 0 Å². The molecule has 0 atom stereocenters. The molecule has 3 aliphatic rings. The van der Waals surface area contributed by atoms with Gasteiger partial charge in [-0.25, -0.2) is 0 Å². The smallest absolute Gasteiger partial charge is 0.115 e. The van der Waals surface area contributed by atoms with Crippen molar-refractivity contribution in [1.82, 2.24) is 0 Å². The van der Waals surface area contributed by atoms with E-state index in [-0.39, 0.29) is 11.5 Å². The molecular formula is C31H22O2. The Morgan fingerprint density at radius 1 is 0.424 bits per heavy atom. The second kappa shape index (κ2) is 7.39. The Morgan fingerprint density at radius 2 is 0.848 bits per heavy atom. The Bertz CT molecular complexity index is 1350. The predicted molar refractivity (Wildman–Crippen MR) is 133 cm³/mol. The summed E-state index contributed by atoms with van der Waals surface area (Å²) in [6, 6.07) is 40.3. The number of benzene rings is 5. The fourth-order valence-electron chi connectivity index (χ4n) is 5.12. The molecular weight excluding hydrogens is 404 g/mol. The quantitative estimate of drug-likeness (QED) is 0.309. The summed E-state index contributed by atoms with van der Waals surface area (Å²) >= 11 is 0. The van der Waals surface area contributed by atoms with Crippen molar-refractivity contribution in [2.75, 3.05) is 0 Å². The zero-order valence-corrected chi connectivity index (χ0v) is 17.9. The number of aromatic hydroxyl groups is 2. The van der Waals surface area contributed by atoms with Gasteiger partial charge in [0.05, 0.1) is 5.41 Å². The van der Waals surface area contributed by atoms with Gasteiger partial charge in [-0.15, -0.1) is 0 Å². The van der Waals surface area contributed by atoms with Crippen molar-refractivity contribution in [2.24, 2.45) is 0 Å². The van der Waals surface area contributed by atoms with Crippen LogP contribution in [0.5, 0.6) is 11.5 Å². The number of fused-ring (bicyclic) bond motifs is 4. The maximum atomic E-state index is 9.85. The van der Waals surface area contributed by atoms with Crippen molar-refractivity contribution in [2.45, 2.75) is 5.41 Å². The van der Waals surface area contributed by atoms with E-state index in [4.69, 9.17) is 0 Å². The summed E-state index contributed by atoms with van der Waals surface area (Å²) < 4.78 is 0. The first-order valence-corrected chi connectivity index (χ1v) is 11.1. The van der Waals surface area contributed by atoms with Crippen molar-refractivity contribution in [3.8, 4) is 33.8 Å². The van der Waals surface area contributed by atoms with Crippen LogP contribution in [0, 0.1) is 0 Å². The fraction of sp³-hybridized carbons (Fsp3) is 0.0323. The Balaban J connectivity index is 0.000000295. The maximum Gasteiger partial charge on any atom is 0.115 e. The molecule has 3 aliphatic carbocycles. The van der Waals surface area contributed by atoms with Crippen molar-refractivity contribution >= 4 is 0 Å². The Hall–Kier alpha value is -4.30. The van der Waals surface area contributed by atoms with Gasteiger partial charge in [-0.05, 0) is 74.8 Å². The molecule has 33 heavy (non-hydrogen) atoms. The molecule has 0 aliphatic heterocycles. The molecule has 7 rings (SSSR count). The standard InChI is InChI=1S/C25H18O2.C6H4/c26-19-13-9-17(10-14-19)25(18-11-15-20(27)16-12-18)23-7-3-1-5-21(23)22-6-2-4-8-24(22)25;1-2-5-4-6(5)3-1/h1-16,26-27H;1-4H. The summed E-state index contributed by atoms with van der Waals surface area (Å²) in [7, 11) is 0. The second-order valence-electron chi connectivity index (χ2n) is 8.52. The molecule has 0 aromatic heterocycles. The van der Waals surface area contributed by atoms with E-state index in [0.717, 1.165) is 11.1 Å². The van der Waals surface area contributed by atoms with E-state index in [1.807, 2.05) is 24.3 Å². The molecule has 2 N–H and O–H groups in total. The minimum absolute atomic E-state index is 0.249. The molecule has 0 unspecified atom stereocenters. The van der Waals surface area contributed by atoms with Gasteiger partial charge in [0, 0.05) is 0 Å². The molecule has 2 nitrogen and oxygen atoms in total. The van der Waals surface area contributed by atoms with Crippen molar-refractivity contribution in [3.63, 3.8) is 0 Å². The van der Waals surface area contributed by atoms with Crippen LogP contribution in [0.25, 0.3) is 22.3 Å². The summed E-state index contributed by atoms with van der Waals surface area (Å²) in [6.07, 6.45) is 0. The molecule has 0 bridgehead atoms. The Labute approximate surface area is 193 Å². The Kier molecular flexibility index (Phi) is 4.34. The van der Waals surface area contributed by atoms with Crippen LogP contribution in [0.3, 0.4) is 0 Å². The van der Waals surface area contributed by atoms with E-state index in [1.165, 1.54) is 33.4 Å². The van der Waals surface area contributed by atoms with Crippen molar-refractivity contribution in [1.29, 1.82) is 0 Å². The van der Waals surface area contributed by atoms with Crippen LogP contribution in [-0.2, 0) is 5.41 Å². The zero-order valence-electron chi connectivity index (χ0n) is 17.9. The summed E-state index contributed by atoms with van der Waals surface area (Å²) in [5.41, 5.74) is 9.39. The van der Waals surface area contributed by atoms with Crippen LogP contribution in [0.15, 0.2) is 121 Å². The number of phenolic OH excluding ortho intramolecular Hbond substituents is 2. The van der Waals surface area contributed by atoms with Gasteiger partial charge in [-0.3, -0.25) is 0 Å². The van der Waals surface area contributed by atoms with Gasteiger partial charge in [-0.1, -0.05) is 91.0 Å². The van der Waals surface area contributed by atoms with Crippen LogP contribution in [-0.4, -0.2) is 10.2 Å².